The number of Topliss-reactive ketones (excluding diaryl/α,β-unsaturated/α-hetero) is 1. The molecule has 2 aliphatic heterocycles. The number of carbonyl (C=O) groups is 2. The molecule has 1 N–H and O–H groups in total. The van der Waals surface area contributed by atoms with Crippen LogP contribution >= 0.6 is 0 Å². The fourth-order valence-electron chi connectivity index (χ4n) is 5.67. The van der Waals surface area contributed by atoms with E-state index in [1.807, 2.05) is 13.8 Å². The maximum atomic E-state index is 12.6. The number of carbonyl (C=O) groups excluding carboxylic acids is 2. The van der Waals surface area contributed by atoms with Gasteiger partial charge in [-0.05, 0) is 49.2 Å². The quantitative estimate of drug-likeness (QED) is 0.436. The molecule has 0 amide bonds. The molecule has 3 rings (SSSR count). The average Bonchev–Trinajstić information content (AvgIpc) is 3.03. The van der Waals surface area contributed by atoms with E-state index < -0.39 is 11.7 Å². The molecule has 0 unspecified atom stereocenters. The first-order chi connectivity index (χ1) is 13.6. The smallest absolute Gasteiger partial charge is 0.306 e. The minimum atomic E-state index is -0.889. The Labute approximate surface area is 174 Å². The summed E-state index contributed by atoms with van der Waals surface area (Å²) in [5.41, 5.74) is 0.440. The van der Waals surface area contributed by atoms with E-state index in [1.165, 1.54) is 0 Å². The Kier molecular flexibility index (Phi) is 6.40. The van der Waals surface area contributed by atoms with E-state index in [2.05, 4.69) is 27.0 Å². The number of aliphatic hydroxyl groups is 1. The van der Waals surface area contributed by atoms with E-state index in [-0.39, 0.29) is 41.7 Å². The lowest BCUT2D eigenvalue weighted by atomic mass is 9.60. The Morgan fingerprint density at radius 3 is 2.69 bits per heavy atom. The number of hydrogen-bond donors (Lipinski definition) is 1. The molecule has 5 heteroatoms. The highest BCUT2D eigenvalue weighted by Crippen LogP contribution is 2.55. The Morgan fingerprint density at radius 1 is 1.38 bits per heavy atom. The Bertz CT molecular complexity index is 695. The van der Waals surface area contributed by atoms with Crippen LogP contribution < -0.4 is 0 Å². The van der Waals surface area contributed by atoms with E-state index in [0.29, 0.717) is 50.0 Å². The minimum Gasteiger partial charge on any atom is -0.457 e. The number of hydrogen-bond acceptors (Lipinski definition) is 5. The largest absolute Gasteiger partial charge is 0.457 e. The van der Waals surface area contributed by atoms with Gasteiger partial charge in [0.15, 0.2) is 5.78 Å². The molecule has 0 aromatic carbocycles. The molecular formula is C24H36O5. The van der Waals surface area contributed by atoms with Gasteiger partial charge in [0.05, 0.1) is 12.2 Å². The lowest BCUT2D eigenvalue weighted by molar-refractivity contribution is -0.182. The molecule has 0 aromatic heterocycles. The summed E-state index contributed by atoms with van der Waals surface area (Å²) in [6.07, 6.45) is 1.68. The SMILES string of the molecule is C=C1C[C@H]2O[C@H]([C@H]3[C@@H]2C(=C)[C@@H](O)C[C@@H]3C(C)C)[C@](C)(OC(=O)CCC)CCC1=O. The van der Waals surface area contributed by atoms with E-state index in [1.54, 1.807) is 0 Å². The molecule has 5 nitrogen and oxygen atoms in total. The van der Waals surface area contributed by atoms with Crippen molar-refractivity contribution in [3.63, 3.8) is 0 Å². The van der Waals surface area contributed by atoms with Crippen molar-refractivity contribution in [2.24, 2.45) is 23.7 Å². The third-order valence-electron chi connectivity index (χ3n) is 7.28. The molecule has 2 heterocycles. The normalized spacial score (nSPS) is 40.3. The van der Waals surface area contributed by atoms with Crippen LogP contribution in [-0.4, -0.2) is 40.8 Å². The number of ketones is 1. The Morgan fingerprint density at radius 2 is 2.07 bits per heavy atom. The predicted octanol–water partition coefficient (Wildman–Crippen LogP) is 3.99. The molecule has 2 bridgehead atoms. The standard InChI is InChI=1S/C24H36O5/c1-7-8-20(27)29-24(6)10-9-17(25)14(4)11-19-21-15(5)18(26)12-16(13(2)3)22(21)23(24)28-19/h13,16,18-19,21-23,26H,4-5,7-12H2,1-3,6H3/t16-,18+,19-,21-,22-,23-,24-/m1/s1. The minimum absolute atomic E-state index is 0.00200. The van der Waals surface area contributed by atoms with Crippen molar-refractivity contribution in [1.29, 1.82) is 0 Å². The summed E-state index contributed by atoms with van der Waals surface area (Å²) in [7, 11) is 0. The summed E-state index contributed by atoms with van der Waals surface area (Å²) in [5.74, 6) is 0.346. The van der Waals surface area contributed by atoms with Crippen molar-refractivity contribution in [2.45, 2.75) is 90.1 Å². The van der Waals surface area contributed by atoms with Crippen LogP contribution in [0.3, 0.4) is 0 Å². The van der Waals surface area contributed by atoms with Gasteiger partial charge in [-0.15, -0.1) is 0 Å². The van der Waals surface area contributed by atoms with Crippen LogP contribution in [-0.2, 0) is 19.1 Å². The number of esters is 1. The average molecular weight is 405 g/mol. The summed E-state index contributed by atoms with van der Waals surface area (Å²) in [4.78, 5) is 25.1. The van der Waals surface area contributed by atoms with Gasteiger partial charge in [0, 0.05) is 31.1 Å². The summed E-state index contributed by atoms with van der Waals surface area (Å²) in [6, 6.07) is 0. The van der Waals surface area contributed by atoms with Gasteiger partial charge in [0.2, 0.25) is 0 Å². The summed E-state index contributed by atoms with van der Waals surface area (Å²) < 4.78 is 12.6. The van der Waals surface area contributed by atoms with Gasteiger partial charge >= 0.3 is 5.97 Å². The van der Waals surface area contributed by atoms with Crippen LogP contribution in [0.1, 0.15) is 66.2 Å². The van der Waals surface area contributed by atoms with Gasteiger partial charge in [-0.3, -0.25) is 9.59 Å². The maximum absolute atomic E-state index is 12.6. The number of aliphatic hydroxyl groups excluding tert-OH is 1. The van der Waals surface area contributed by atoms with Gasteiger partial charge in [-0.1, -0.05) is 33.9 Å². The van der Waals surface area contributed by atoms with Crippen molar-refractivity contribution >= 4 is 11.8 Å². The maximum Gasteiger partial charge on any atom is 0.306 e. The Hall–Kier alpha value is -1.46. The third-order valence-corrected chi connectivity index (χ3v) is 7.28. The van der Waals surface area contributed by atoms with Crippen molar-refractivity contribution in [1.82, 2.24) is 0 Å². The predicted molar refractivity (Wildman–Crippen MR) is 111 cm³/mol. The molecule has 1 aliphatic carbocycles. The second kappa shape index (κ2) is 8.35. The highest BCUT2D eigenvalue weighted by Gasteiger charge is 2.60. The molecule has 162 valence electrons. The highest BCUT2D eigenvalue weighted by molar-refractivity contribution is 5.94. The van der Waals surface area contributed by atoms with Gasteiger partial charge in [0.1, 0.15) is 11.7 Å². The lowest BCUT2D eigenvalue weighted by Gasteiger charge is -2.46. The van der Waals surface area contributed by atoms with Crippen molar-refractivity contribution in [3.05, 3.63) is 24.3 Å². The zero-order chi connectivity index (χ0) is 21.5. The van der Waals surface area contributed by atoms with Crippen molar-refractivity contribution < 1.29 is 24.2 Å². The second-order valence-corrected chi connectivity index (χ2v) is 9.70. The van der Waals surface area contributed by atoms with Crippen LogP contribution in [0.25, 0.3) is 0 Å². The molecule has 0 aromatic rings. The van der Waals surface area contributed by atoms with E-state index in [4.69, 9.17) is 9.47 Å². The molecule has 1 saturated carbocycles. The van der Waals surface area contributed by atoms with Gasteiger partial charge in [-0.2, -0.15) is 0 Å². The topological polar surface area (TPSA) is 72.8 Å². The highest BCUT2D eigenvalue weighted by atomic mass is 16.6. The molecule has 3 aliphatic rings. The molecule has 0 spiro atoms. The fourth-order valence-corrected chi connectivity index (χ4v) is 5.67. The summed E-state index contributed by atoms with van der Waals surface area (Å²) >= 11 is 0. The first kappa shape index (κ1) is 22.2. The van der Waals surface area contributed by atoms with Crippen LogP contribution in [0, 0.1) is 23.7 Å². The van der Waals surface area contributed by atoms with Crippen LogP contribution in [0.5, 0.6) is 0 Å². The van der Waals surface area contributed by atoms with E-state index >= 15 is 0 Å². The van der Waals surface area contributed by atoms with Crippen molar-refractivity contribution in [3.8, 4) is 0 Å². The zero-order valence-corrected chi connectivity index (χ0v) is 18.3. The molecule has 2 saturated heterocycles. The van der Waals surface area contributed by atoms with Gasteiger partial charge in [-0.25, -0.2) is 0 Å². The molecular weight excluding hydrogens is 368 g/mol. The number of fused-ring (bicyclic) bond motifs is 5. The van der Waals surface area contributed by atoms with E-state index in [0.717, 1.165) is 5.57 Å². The zero-order valence-electron chi connectivity index (χ0n) is 18.3. The third kappa shape index (κ3) is 4.09. The van der Waals surface area contributed by atoms with Crippen LogP contribution in [0.4, 0.5) is 0 Å². The van der Waals surface area contributed by atoms with E-state index in [9.17, 15) is 14.7 Å². The van der Waals surface area contributed by atoms with Crippen molar-refractivity contribution in [2.75, 3.05) is 0 Å². The monoisotopic (exact) mass is 404 g/mol. The van der Waals surface area contributed by atoms with Crippen LogP contribution in [0.2, 0.25) is 0 Å². The van der Waals surface area contributed by atoms with Crippen LogP contribution in [0.15, 0.2) is 24.3 Å². The number of ether oxygens (including phenoxy) is 2. The first-order valence-corrected chi connectivity index (χ1v) is 11.0. The fraction of sp³-hybridized carbons (Fsp3) is 0.750. The van der Waals surface area contributed by atoms with Gasteiger partial charge in [0.25, 0.3) is 0 Å². The molecule has 0 radical (unpaired) electrons. The van der Waals surface area contributed by atoms with Gasteiger partial charge < -0.3 is 14.6 Å². The summed E-state index contributed by atoms with van der Waals surface area (Å²) in [5, 5.41) is 10.7. The Balaban J connectivity index is 2.05. The second-order valence-electron chi connectivity index (χ2n) is 9.70. The first-order valence-electron chi connectivity index (χ1n) is 11.0. The number of rotatable bonds is 4. The lowest BCUT2D eigenvalue weighted by Crippen LogP contribution is -2.52. The summed E-state index contributed by atoms with van der Waals surface area (Å²) in [6.45, 7) is 16.4. The molecule has 7 atom stereocenters. The molecule has 29 heavy (non-hydrogen) atoms. The molecule has 3 fully saturated rings.